The van der Waals surface area contributed by atoms with Gasteiger partial charge in [-0.2, -0.15) is 0 Å². The second-order valence-electron chi connectivity index (χ2n) is 4.39. The molecular weight excluding hydrogens is 192 g/mol. The van der Waals surface area contributed by atoms with E-state index in [1.165, 1.54) is 11.1 Å². The average molecular weight is 204 g/mol. The van der Waals surface area contributed by atoms with Crippen molar-refractivity contribution in [2.45, 2.75) is 24.4 Å². The first-order chi connectivity index (χ1) is 7.42. The number of hydrogen-bond acceptors (Lipinski definition) is 3. The van der Waals surface area contributed by atoms with Gasteiger partial charge in [0.2, 0.25) is 0 Å². The fourth-order valence-corrected chi connectivity index (χ4v) is 2.29. The van der Waals surface area contributed by atoms with Crippen molar-refractivity contribution < 1.29 is 14.2 Å². The second kappa shape index (κ2) is 2.82. The number of epoxide rings is 2. The van der Waals surface area contributed by atoms with Crippen LogP contribution in [0.1, 0.15) is 23.3 Å². The molecule has 3 aliphatic rings. The van der Waals surface area contributed by atoms with Crippen LogP contribution in [-0.2, 0) is 14.2 Å². The van der Waals surface area contributed by atoms with Crippen LogP contribution in [0.15, 0.2) is 24.3 Å². The van der Waals surface area contributed by atoms with Crippen molar-refractivity contribution in [2.75, 3.05) is 13.2 Å². The summed E-state index contributed by atoms with van der Waals surface area (Å²) < 4.78 is 16.7. The maximum absolute atomic E-state index is 6.06. The van der Waals surface area contributed by atoms with Crippen LogP contribution in [0.5, 0.6) is 0 Å². The van der Waals surface area contributed by atoms with Gasteiger partial charge in [0.15, 0.2) is 0 Å². The van der Waals surface area contributed by atoms with Crippen molar-refractivity contribution >= 4 is 0 Å². The van der Waals surface area contributed by atoms with Crippen molar-refractivity contribution in [1.29, 1.82) is 0 Å². The number of hydrogen-bond donors (Lipinski definition) is 0. The lowest BCUT2D eigenvalue weighted by molar-refractivity contribution is -0.0485. The van der Waals surface area contributed by atoms with Gasteiger partial charge in [-0.1, -0.05) is 24.3 Å². The van der Waals surface area contributed by atoms with Gasteiger partial charge in [0.05, 0.1) is 13.2 Å². The van der Waals surface area contributed by atoms with E-state index in [9.17, 15) is 0 Å². The number of fused-ring (bicyclic) bond motifs is 2. The molecule has 1 aromatic rings. The highest BCUT2D eigenvalue weighted by Crippen LogP contribution is 2.44. The van der Waals surface area contributed by atoms with Crippen LogP contribution >= 0.6 is 0 Å². The van der Waals surface area contributed by atoms with Crippen molar-refractivity contribution in [3.05, 3.63) is 35.4 Å². The van der Waals surface area contributed by atoms with Crippen molar-refractivity contribution in [3.8, 4) is 0 Å². The van der Waals surface area contributed by atoms with E-state index in [1.807, 2.05) is 0 Å². The molecule has 15 heavy (non-hydrogen) atoms. The Labute approximate surface area is 87.9 Å². The molecule has 0 amide bonds. The molecule has 3 heteroatoms. The third-order valence-electron chi connectivity index (χ3n) is 3.25. The lowest BCUT2D eigenvalue weighted by Gasteiger charge is -2.29. The number of ether oxygens (including phenoxy) is 3. The van der Waals surface area contributed by atoms with Crippen molar-refractivity contribution in [1.82, 2.24) is 0 Å². The highest BCUT2D eigenvalue weighted by atomic mass is 16.6. The van der Waals surface area contributed by atoms with E-state index < -0.39 is 0 Å². The molecule has 0 aliphatic carbocycles. The standard InChI is InChI=1S/C12H12O3/c1-2-7-4-8(3-1)12(10-6-14-10)15-11(7)9-5-13-9/h1-4,9-12H,5-6H2. The molecule has 2 bridgehead atoms. The summed E-state index contributed by atoms with van der Waals surface area (Å²) in [5.74, 6) is 0. The first kappa shape index (κ1) is 8.28. The fourth-order valence-electron chi connectivity index (χ4n) is 2.29. The third-order valence-corrected chi connectivity index (χ3v) is 3.25. The van der Waals surface area contributed by atoms with Crippen LogP contribution in [0.25, 0.3) is 0 Å². The Kier molecular flexibility index (Phi) is 1.55. The van der Waals surface area contributed by atoms with Gasteiger partial charge in [-0.15, -0.1) is 0 Å². The van der Waals surface area contributed by atoms with E-state index in [4.69, 9.17) is 14.2 Å². The van der Waals surface area contributed by atoms with E-state index in [2.05, 4.69) is 24.3 Å². The molecule has 0 spiro atoms. The summed E-state index contributed by atoms with van der Waals surface area (Å²) in [4.78, 5) is 0. The normalized spacial score (nSPS) is 41.3. The topological polar surface area (TPSA) is 34.3 Å². The minimum absolute atomic E-state index is 0.118. The minimum Gasteiger partial charge on any atom is -0.370 e. The first-order valence-electron chi connectivity index (χ1n) is 5.40. The Balaban J connectivity index is 1.74. The summed E-state index contributed by atoms with van der Waals surface area (Å²) in [6, 6.07) is 8.54. The monoisotopic (exact) mass is 204 g/mol. The van der Waals surface area contributed by atoms with Gasteiger partial charge in [0.1, 0.15) is 24.4 Å². The Morgan fingerprint density at radius 1 is 0.933 bits per heavy atom. The van der Waals surface area contributed by atoms with E-state index >= 15 is 0 Å². The van der Waals surface area contributed by atoms with Crippen LogP contribution in [0.4, 0.5) is 0 Å². The fraction of sp³-hybridized carbons (Fsp3) is 0.500. The summed E-state index contributed by atoms with van der Waals surface area (Å²) >= 11 is 0. The molecular formula is C12H12O3. The highest BCUT2D eigenvalue weighted by molar-refractivity contribution is 5.32. The Bertz CT molecular complexity index is 362. The molecule has 4 rings (SSSR count). The SMILES string of the molecule is c1cc2cc(c1)C(C1CO1)OC2C1CO1. The number of benzene rings is 1. The van der Waals surface area contributed by atoms with Gasteiger partial charge in [0, 0.05) is 0 Å². The summed E-state index contributed by atoms with van der Waals surface area (Å²) in [6.45, 7) is 1.65. The van der Waals surface area contributed by atoms with Crippen LogP contribution in [0.2, 0.25) is 0 Å². The molecule has 4 atom stereocenters. The van der Waals surface area contributed by atoms with Crippen molar-refractivity contribution in [3.63, 3.8) is 0 Å². The molecule has 2 fully saturated rings. The van der Waals surface area contributed by atoms with E-state index in [1.54, 1.807) is 0 Å². The smallest absolute Gasteiger partial charge is 0.112 e. The Morgan fingerprint density at radius 2 is 1.47 bits per heavy atom. The number of rotatable bonds is 2. The molecule has 1 aromatic carbocycles. The zero-order chi connectivity index (χ0) is 9.83. The molecule has 4 unspecified atom stereocenters. The largest absolute Gasteiger partial charge is 0.370 e. The van der Waals surface area contributed by atoms with Gasteiger partial charge >= 0.3 is 0 Å². The molecule has 0 N–H and O–H groups in total. The maximum atomic E-state index is 6.06. The zero-order valence-corrected chi connectivity index (χ0v) is 8.26. The second-order valence-corrected chi connectivity index (χ2v) is 4.39. The van der Waals surface area contributed by atoms with E-state index in [-0.39, 0.29) is 24.4 Å². The molecule has 2 saturated heterocycles. The minimum atomic E-state index is 0.118. The molecule has 0 radical (unpaired) electrons. The lowest BCUT2D eigenvalue weighted by atomic mass is 9.96. The van der Waals surface area contributed by atoms with Crippen LogP contribution < -0.4 is 0 Å². The zero-order valence-electron chi connectivity index (χ0n) is 8.26. The predicted molar refractivity (Wildman–Crippen MR) is 52.5 cm³/mol. The summed E-state index contributed by atoms with van der Waals surface area (Å²) in [7, 11) is 0. The Hall–Kier alpha value is -0.900. The maximum Gasteiger partial charge on any atom is 0.112 e. The van der Waals surface area contributed by atoms with Crippen LogP contribution in [0.3, 0.4) is 0 Å². The quantitative estimate of drug-likeness (QED) is 0.686. The van der Waals surface area contributed by atoms with Gasteiger partial charge in [0.25, 0.3) is 0 Å². The molecule has 3 nitrogen and oxygen atoms in total. The summed E-state index contributed by atoms with van der Waals surface area (Å²) in [5, 5.41) is 0. The van der Waals surface area contributed by atoms with Crippen molar-refractivity contribution in [2.24, 2.45) is 0 Å². The lowest BCUT2D eigenvalue weighted by Crippen LogP contribution is -2.23. The summed E-state index contributed by atoms with van der Waals surface area (Å²) in [6.07, 6.45) is 0.768. The van der Waals surface area contributed by atoms with Crippen LogP contribution in [0, 0.1) is 0 Å². The highest BCUT2D eigenvalue weighted by Gasteiger charge is 2.44. The van der Waals surface area contributed by atoms with E-state index in [0.717, 1.165) is 13.2 Å². The average Bonchev–Trinajstić information content (AvgIpc) is 3.12. The van der Waals surface area contributed by atoms with Gasteiger partial charge in [-0.25, -0.2) is 0 Å². The predicted octanol–water partition coefficient (Wildman–Crippen LogP) is 1.60. The molecule has 0 aromatic heterocycles. The van der Waals surface area contributed by atoms with Gasteiger partial charge in [-0.05, 0) is 11.1 Å². The molecule has 3 aliphatic heterocycles. The molecule has 78 valence electrons. The third kappa shape index (κ3) is 1.31. The van der Waals surface area contributed by atoms with Crippen LogP contribution in [-0.4, -0.2) is 25.4 Å². The first-order valence-corrected chi connectivity index (χ1v) is 5.40. The van der Waals surface area contributed by atoms with Gasteiger partial charge in [-0.3, -0.25) is 0 Å². The summed E-state index contributed by atoms with van der Waals surface area (Å²) in [5.41, 5.74) is 2.49. The molecule has 0 saturated carbocycles. The van der Waals surface area contributed by atoms with E-state index in [0.29, 0.717) is 0 Å². The Morgan fingerprint density at radius 3 is 1.93 bits per heavy atom. The molecule has 3 heterocycles. The van der Waals surface area contributed by atoms with Gasteiger partial charge < -0.3 is 14.2 Å².